The van der Waals surface area contributed by atoms with E-state index in [-0.39, 0.29) is 81.3 Å². The first-order chi connectivity index (χ1) is 13.4. The van der Waals surface area contributed by atoms with Crippen LogP contribution < -0.4 is 75.7 Å². The summed E-state index contributed by atoms with van der Waals surface area (Å²) >= 11 is 0. The van der Waals surface area contributed by atoms with Gasteiger partial charge in [-0.1, -0.05) is 5.75 Å². The average molecular weight is 482 g/mol. The van der Waals surface area contributed by atoms with Gasteiger partial charge in [-0.25, -0.2) is 8.42 Å². The molecule has 3 rings (SSSR count). The summed E-state index contributed by atoms with van der Waals surface area (Å²) in [4.78, 5) is -1.69. The molecule has 0 radical (unpaired) electrons. The van der Waals surface area contributed by atoms with Gasteiger partial charge in [0.1, 0.15) is 15.0 Å². The third-order valence-electron chi connectivity index (χ3n) is 3.86. The molecule has 0 fully saturated rings. The van der Waals surface area contributed by atoms with Gasteiger partial charge in [-0.2, -0.15) is 13.5 Å². The average Bonchev–Trinajstić information content (AvgIpc) is 2.60. The van der Waals surface area contributed by atoms with Crippen LogP contribution in [0.1, 0.15) is 0 Å². The Hall–Kier alpha value is -1.26. The van der Waals surface area contributed by atoms with Crippen LogP contribution >= 0.6 is 0 Å². The Bertz CT molecular complexity index is 1380. The molecule has 0 saturated carbocycles. The van der Waals surface area contributed by atoms with E-state index in [9.17, 15) is 31.0 Å². The Morgan fingerprint density at radius 2 is 1.48 bits per heavy atom. The first kappa shape index (κ1) is 27.8. The van der Waals surface area contributed by atoms with Crippen LogP contribution in [0.5, 0.6) is 5.75 Å². The molecule has 0 heterocycles. The molecule has 0 amide bonds. The van der Waals surface area contributed by atoms with Gasteiger partial charge in [-0.05, 0) is 53.2 Å². The maximum absolute atomic E-state index is 12.8. The molecule has 0 aliphatic carbocycles. The van der Waals surface area contributed by atoms with Gasteiger partial charge < -0.3 is 21.1 Å². The third-order valence-corrected chi connectivity index (χ3v) is 5.54. The van der Waals surface area contributed by atoms with E-state index in [0.29, 0.717) is 5.69 Å². The predicted molar refractivity (Wildman–Crippen MR) is 101 cm³/mol. The molecule has 0 aliphatic rings. The van der Waals surface area contributed by atoms with E-state index in [1.54, 1.807) is 0 Å². The van der Waals surface area contributed by atoms with E-state index in [0.717, 1.165) is 18.2 Å². The maximum Gasteiger partial charge on any atom is 1.00 e. The van der Waals surface area contributed by atoms with Crippen molar-refractivity contribution in [3.05, 3.63) is 42.5 Å². The van der Waals surface area contributed by atoms with E-state index in [4.69, 9.17) is 11.5 Å². The molecule has 15 heteroatoms. The fraction of sp³-hybridized carbons (Fsp3) is 0. The minimum atomic E-state index is -4.96. The Kier molecular flexibility index (Phi) is 9.07. The number of benzene rings is 3. The Morgan fingerprint density at radius 1 is 0.903 bits per heavy atom. The van der Waals surface area contributed by atoms with Gasteiger partial charge in [0.15, 0.2) is 0 Å². The van der Waals surface area contributed by atoms with Gasteiger partial charge in [0.25, 0.3) is 10.1 Å². The maximum atomic E-state index is 12.8. The molecule has 0 atom stereocenters. The van der Waals surface area contributed by atoms with Gasteiger partial charge >= 0.3 is 59.1 Å². The second-order valence-electron chi connectivity index (χ2n) is 5.88. The summed E-state index contributed by atoms with van der Waals surface area (Å²) in [7, 11) is -9.90. The minimum Gasteiger partial charge on any atom is -0.870 e. The first-order valence-corrected chi connectivity index (χ1v) is 10.5. The zero-order valence-electron chi connectivity index (χ0n) is 16.3. The number of anilines is 2. The van der Waals surface area contributed by atoms with Gasteiger partial charge in [-0.3, -0.25) is 4.55 Å². The summed E-state index contributed by atoms with van der Waals surface area (Å²) in [6, 6.07) is 8.26. The third kappa shape index (κ3) is 6.16. The van der Waals surface area contributed by atoms with Crippen LogP contribution in [-0.4, -0.2) is 25.9 Å². The van der Waals surface area contributed by atoms with E-state index in [1.807, 2.05) is 0 Å². The van der Waals surface area contributed by atoms with E-state index in [1.165, 1.54) is 24.3 Å². The van der Waals surface area contributed by atoms with Crippen LogP contribution in [0.3, 0.4) is 0 Å². The van der Waals surface area contributed by atoms with Crippen molar-refractivity contribution in [2.45, 2.75) is 9.79 Å². The molecule has 5 N–H and O–H groups in total. The van der Waals surface area contributed by atoms with E-state index < -0.39 is 41.5 Å². The van der Waals surface area contributed by atoms with E-state index >= 15 is 0 Å². The van der Waals surface area contributed by atoms with Crippen molar-refractivity contribution in [2.24, 2.45) is 10.2 Å². The van der Waals surface area contributed by atoms with Crippen molar-refractivity contribution >= 4 is 53.8 Å². The molecular weight excluding hydrogens is 470 g/mol. The SMILES string of the molecule is Nc1ccc(N=Nc2c(S(=O)(=O)O)cc3cc(S(=O)(=O)[O-])cc(N)c3c2[O-])cc1.[Na+].[Na+]. The molecule has 0 spiro atoms. The normalized spacial score (nSPS) is 11.8. The Morgan fingerprint density at radius 3 is 2.00 bits per heavy atom. The zero-order valence-corrected chi connectivity index (χ0v) is 21.9. The first-order valence-electron chi connectivity index (χ1n) is 7.66. The molecule has 0 unspecified atom stereocenters. The largest absolute Gasteiger partial charge is 1.00 e. The zero-order chi connectivity index (χ0) is 21.6. The number of nitrogen functional groups attached to an aromatic ring is 2. The van der Waals surface area contributed by atoms with Crippen LogP contribution in [0.25, 0.3) is 10.8 Å². The topological polar surface area (TPSA) is 211 Å². The van der Waals surface area contributed by atoms with Gasteiger partial charge in [0.05, 0.1) is 16.3 Å². The molecule has 0 aromatic heterocycles. The summed E-state index contributed by atoms with van der Waals surface area (Å²) in [6.45, 7) is 0. The standard InChI is InChI=1S/C16H14N4O7S2.2Na/c17-9-1-3-10(4-2-9)19-20-15-13(29(25,26)27)6-8-5-11(28(22,23)24)7-12(18)14(8)16(15)21;;/h1-7,21H,17-18H2,(H,22,23,24)(H,25,26,27);;/q;2*+1/p-2. The summed E-state index contributed by atoms with van der Waals surface area (Å²) in [5, 5.41) is 19.6. The molecule has 152 valence electrons. The molecule has 3 aromatic carbocycles. The number of fused-ring (bicyclic) bond motifs is 1. The molecule has 11 nitrogen and oxygen atoms in total. The second-order valence-corrected chi connectivity index (χ2v) is 8.65. The monoisotopic (exact) mass is 482 g/mol. The smallest absolute Gasteiger partial charge is 0.870 e. The number of rotatable bonds is 4. The van der Waals surface area contributed by atoms with Gasteiger partial charge in [-0.15, -0.1) is 5.11 Å². The molecule has 0 bridgehead atoms. The summed E-state index contributed by atoms with van der Waals surface area (Å²) in [5.41, 5.74) is 10.8. The van der Waals surface area contributed by atoms with Crippen LogP contribution in [-0.2, 0) is 20.2 Å². The van der Waals surface area contributed by atoms with Crippen LogP contribution in [0, 0.1) is 0 Å². The fourth-order valence-electron chi connectivity index (χ4n) is 2.56. The van der Waals surface area contributed by atoms with Crippen molar-refractivity contribution in [1.82, 2.24) is 0 Å². The molecule has 31 heavy (non-hydrogen) atoms. The van der Waals surface area contributed by atoms with Crippen molar-refractivity contribution < 1.29 is 90.2 Å². The molecule has 0 aliphatic heterocycles. The van der Waals surface area contributed by atoms with Gasteiger partial charge in [0.2, 0.25) is 0 Å². The Balaban J connectivity index is 0.00000240. The van der Waals surface area contributed by atoms with Crippen molar-refractivity contribution in [3.63, 3.8) is 0 Å². The summed E-state index contributed by atoms with van der Waals surface area (Å²) < 4.78 is 66.7. The van der Waals surface area contributed by atoms with Gasteiger partial charge in [0, 0.05) is 11.4 Å². The quantitative estimate of drug-likeness (QED) is 0.142. The Labute approximate surface area is 221 Å². The minimum absolute atomic E-state index is 0. The van der Waals surface area contributed by atoms with Crippen molar-refractivity contribution in [1.29, 1.82) is 0 Å². The predicted octanol–water partition coefficient (Wildman–Crippen LogP) is -4.35. The number of nitrogens with two attached hydrogens (primary N) is 2. The van der Waals surface area contributed by atoms with Crippen LogP contribution in [0.4, 0.5) is 22.7 Å². The van der Waals surface area contributed by atoms with Crippen LogP contribution in [0.15, 0.2) is 62.5 Å². The summed E-state index contributed by atoms with van der Waals surface area (Å²) in [6.07, 6.45) is 0. The molecule has 0 saturated heterocycles. The molecule has 3 aromatic rings. The number of hydrogen-bond donors (Lipinski definition) is 3. The van der Waals surface area contributed by atoms with Crippen molar-refractivity contribution in [3.8, 4) is 5.75 Å². The number of hydrogen-bond acceptors (Lipinski definition) is 10. The van der Waals surface area contributed by atoms with Crippen molar-refractivity contribution in [2.75, 3.05) is 11.5 Å². The second kappa shape index (κ2) is 10.1. The van der Waals surface area contributed by atoms with E-state index in [2.05, 4.69) is 10.2 Å². The fourth-order valence-corrected chi connectivity index (χ4v) is 3.76. The summed E-state index contributed by atoms with van der Waals surface area (Å²) in [5.74, 6) is -1.03. The number of nitrogens with zero attached hydrogens (tertiary/aromatic N) is 2. The number of azo groups is 1. The molecular formula is C16H12N4Na2O7S2. The van der Waals surface area contributed by atoms with Crippen LogP contribution in [0.2, 0.25) is 0 Å².